The number of rotatable bonds is 7. The van der Waals surface area contributed by atoms with E-state index in [0.29, 0.717) is 6.04 Å². The molecule has 0 spiro atoms. The molecule has 0 aliphatic carbocycles. The van der Waals surface area contributed by atoms with E-state index < -0.39 is 0 Å². The van der Waals surface area contributed by atoms with E-state index in [4.69, 9.17) is 4.42 Å². The maximum absolute atomic E-state index is 5.72. The molecule has 19 heavy (non-hydrogen) atoms. The van der Waals surface area contributed by atoms with E-state index in [1.54, 1.807) is 11.8 Å². The van der Waals surface area contributed by atoms with Crippen LogP contribution in [0.2, 0.25) is 0 Å². The zero-order chi connectivity index (χ0) is 13.7. The predicted octanol–water partition coefficient (Wildman–Crippen LogP) is 2.83. The van der Waals surface area contributed by atoms with Crippen LogP contribution >= 0.6 is 11.8 Å². The first kappa shape index (κ1) is 14.2. The average Bonchev–Trinajstić information content (AvgIpc) is 2.97. The molecule has 0 aliphatic rings. The van der Waals surface area contributed by atoms with Crippen LogP contribution in [0.1, 0.15) is 24.0 Å². The highest BCUT2D eigenvalue weighted by Gasteiger charge is 2.06. The summed E-state index contributed by atoms with van der Waals surface area (Å²) in [7, 11) is 0. The molecule has 1 N–H and O–H groups in total. The number of nitrogens with one attached hydrogen (secondary N) is 1. The molecule has 0 radical (unpaired) electrons. The highest BCUT2D eigenvalue weighted by molar-refractivity contribution is 7.97. The summed E-state index contributed by atoms with van der Waals surface area (Å²) in [5.74, 6) is 2.97. The fourth-order valence-electron chi connectivity index (χ4n) is 1.92. The molecule has 0 amide bonds. The summed E-state index contributed by atoms with van der Waals surface area (Å²) < 4.78 is 7.69. The van der Waals surface area contributed by atoms with Gasteiger partial charge in [0.05, 0.1) is 25.0 Å². The second kappa shape index (κ2) is 6.82. The number of hydrogen-bond acceptors (Lipinski definition) is 4. The van der Waals surface area contributed by atoms with Crippen molar-refractivity contribution in [1.82, 2.24) is 15.1 Å². The molecule has 2 aromatic rings. The Morgan fingerprint density at radius 1 is 1.42 bits per heavy atom. The lowest BCUT2D eigenvalue weighted by Crippen LogP contribution is -2.30. The van der Waals surface area contributed by atoms with Gasteiger partial charge in [-0.3, -0.25) is 4.68 Å². The van der Waals surface area contributed by atoms with E-state index >= 15 is 0 Å². The molecule has 0 saturated heterocycles. The van der Waals surface area contributed by atoms with Gasteiger partial charge in [-0.1, -0.05) is 0 Å². The summed E-state index contributed by atoms with van der Waals surface area (Å²) in [5.41, 5.74) is 1.19. The van der Waals surface area contributed by atoms with E-state index in [9.17, 15) is 0 Å². The minimum absolute atomic E-state index is 0.355. The highest BCUT2D eigenvalue weighted by atomic mass is 32.2. The molecule has 104 valence electrons. The summed E-state index contributed by atoms with van der Waals surface area (Å²) in [5, 5.41) is 7.74. The van der Waals surface area contributed by atoms with Crippen LogP contribution < -0.4 is 5.32 Å². The van der Waals surface area contributed by atoms with Crippen molar-refractivity contribution in [2.75, 3.05) is 6.26 Å². The molecular weight excluding hydrogens is 258 g/mol. The first-order valence-corrected chi connectivity index (χ1v) is 7.85. The van der Waals surface area contributed by atoms with Gasteiger partial charge in [-0.05, 0) is 37.8 Å². The largest absolute Gasteiger partial charge is 0.464 e. The van der Waals surface area contributed by atoms with Gasteiger partial charge in [0.25, 0.3) is 0 Å². The monoisotopic (exact) mass is 279 g/mol. The van der Waals surface area contributed by atoms with E-state index in [2.05, 4.69) is 42.8 Å². The van der Waals surface area contributed by atoms with Crippen molar-refractivity contribution in [1.29, 1.82) is 0 Å². The maximum atomic E-state index is 5.72. The van der Waals surface area contributed by atoms with E-state index in [-0.39, 0.29) is 0 Å². The lowest BCUT2D eigenvalue weighted by atomic mass is 10.3. The molecule has 0 fully saturated rings. The van der Waals surface area contributed by atoms with Gasteiger partial charge < -0.3 is 9.73 Å². The van der Waals surface area contributed by atoms with Crippen molar-refractivity contribution >= 4 is 11.8 Å². The van der Waals surface area contributed by atoms with Gasteiger partial charge in [0.2, 0.25) is 0 Å². The van der Waals surface area contributed by atoms with Gasteiger partial charge in [-0.15, -0.1) is 0 Å². The van der Waals surface area contributed by atoms with Gasteiger partial charge in [0, 0.05) is 12.2 Å². The van der Waals surface area contributed by atoms with E-state index in [1.807, 2.05) is 16.9 Å². The number of furan rings is 1. The Labute approximate surface area is 118 Å². The van der Waals surface area contributed by atoms with Crippen LogP contribution in [-0.2, 0) is 18.8 Å². The van der Waals surface area contributed by atoms with Gasteiger partial charge in [0.15, 0.2) is 0 Å². The van der Waals surface area contributed by atoms with Gasteiger partial charge in [-0.25, -0.2) is 0 Å². The second-order valence-corrected chi connectivity index (χ2v) is 5.69. The number of aryl methyl sites for hydroxylation is 1. The van der Waals surface area contributed by atoms with Crippen LogP contribution in [0.15, 0.2) is 28.9 Å². The third-order valence-electron chi connectivity index (χ3n) is 2.85. The summed E-state index contributed by atoms with van der Waals surface area (Å²) in [6, 6.07) is 4.45. The van der Waals surface area contributed by atoms with Crippen molar-refractivity contribution in [3.63, 3.8) is 0 Å². The van der Waals surface area contributed by atoms with Crippen LogP contribution in [0.5, 0.6) is 0 Å². The normalized spacial score (nSPS) is 12.8. The Balaban J connectivity index is 1.77. The number of thioether (sulfide) groups is 1. The standard InChI is InChI=1S/C14H21N3OS/c1-11-6-16-17(8-11)9-12(2)15-7-13-4-5-14(18-13)10-19-3/h4-6,8,12,15H,7,9-10H2,1-3H3/t12-/m1/s1. The molecule has 5 heteroatoms. The molecule has 0 aliphatic heterocycles. The second-order valence-electron chi connectivity index (χ2n) is 4.82. The van der Waals surface area contributed by atoms with Gasteiger partial charge >= 0.3 is 0 Å². The molecule has 2 heterocycles. The minimum atomic E-state index is 0.355. The average molecular weight is 279 g/mol. The smallest absolute Gasteiger partial charge is 0.118 e. The fourth-order valence-corrected chi connectivity index (χ4v) is 2.36. The zero-order valence-electron chi connectivity index (χ0n) is 11.7. The number of aromatic nitrogens is 2. The summed E-state index contributed by atoms with van der Waals surface area (Å²) in [4.78, 5) is 0. The van der Waals surface area contributed by atoms with Crippen molar-refractivity contribution in [2.45, 2.75) is 38.7 Å². The van der Waals surface area contributed by atoms with Crippen LogP contribution in [0, 0.1) is 6.92 Å². The fraction of sp³-hybridized carbons (Fsp3) is 0.500. The van der Waals surface area contributed by atoms with E-state index in [1.165, 1.54) is 5.56 Å². The summed E-state index contributed by atoms with van der Waals surface area (Å²) in [6.07, 6.45) is 6.02. The predicted molar refractivity (Wildman–Crippen MR) is 79.2 cm³/mol. The summed E-state index contributed by atoms with van der Waals surface area (Å²) >= 11 is 1.77. The highest BCUT2D eigenvalue weighted by Crippen LogP contribution is 2.13. The van der Waals surface area contributed by atoms with Crippen molar-refractivity contribution in [3.05, 3.63) is 41.6 Å². The lowest BCUT2D eigenvalue weighted by molar-refractivity contribution is 0.407. The first-order chi connectivity index (χ1) is 9.17. The Morgan fingerprint density at radius 2 is 2.21 bits per heavy atom. The molecule has 0 unspecified atom stereocenters. The van der Waals surface area contributed by atoms with Crippen molar-refractivity contribution in [2.24, 2.45) is 0 Å². The minimum Gasteiger partial charge on any atom is -0.464 e. The molecule has 1 atom stereocenters. The first-order valence-electron chi connectivity index (χ1n) is 6.46. The zero-order valence-corrected chi connectivity index (χ0v) is 12.5. The van der Waals surface area contributed by atoms with Crippen molar-refractivity contribution in [3.8, 4) is 0 Å². The molecule has 0 saturated carbocycles. The molecule has 2 rings (SSSR count). The third-order valence-corrected chi connectivity index (χ3v) is 3.43. The quantitative estimate of drug-likeness (QED) is 0.846. The molecule has 2 aromatic heterocycles. The Morgan fingerprint density at radius 3 is 2.89 bits per heavy atom. The Hall–Kier alpha value is -1.20. The Kier molecular flexibility index (Phi) is 5.10. The van der Waals surface area contributed by atoms with E-state index in [0.717, 1.165) is 30.4 Å². The maximum Gasteiger partial charge on any atom is 0.118 e. The number of nitrogens with zero attached hydrogens (tertiary/aromatic N) is 2. The Bertz CT molecular complexity index is 506. The SMILES string of the molecule is CSCc1ccc(CN[C@H](C)Cn2cc(C)cn2)o1. The van der Waals surface area contributed by atoms with Crippen LogP contribution in [0.4, 0.5) is 0 Å². The van der Waals surface area contributed by atoms with Crippen LogP contribution in [-0.4, -0.2) is 22.1 Å². The van der Waals surface area contributed by atoms with Crippen LogP contribution in [0.25, 0.3) is 0 Å². The molecule has 0 bridgehead atoms. The topological polar surface area (TPSA) is 43.0 Å². The molecule has 4 nitrogen and oxygen atoms in total. The third kappa shape index (κ3) is 4.44. The molecule has 0 aromatic carbocycles. The van der Waals surface area contributed by atoms with Crippen LogP contribution in [0.3, 0.4) is 0 Å². The number of hydrogen-bond donors (Lipinski definition) is 1. The van der Waals surface area contributed by atoms with Crippen molar-refractivity contribution < 1.29 is 4.42 Å². The van der Waals surface area contributed by atoms with Gasteiger partial charge in [0.1, 0.15) is 11.5 Å². The van der Waals surface area contributed by atoms with Gasteiger partial charge in [-0.2, -0.15) is 16.9 Å². The summed E-state index contributed by atoms with van der Waals surface area (Å²) in [6.45, 7) is 5.84. The molecular formula is C14H21N3OS. The lowest BCUT2D eigenvalue weighted by Gasteiger charge is -2.12.